The van der Waals surface area contributed by atoms with Gasteiger partial charge in [0.15, 0.2) is 17.3 Å². The van der Waals surface area contributed by atoms with E-state index in [9.17, 15) is 4.79 Å². The molecule has 0 bridgehead atoms. The molecule has 1 aromatic rings. The average molecular weight is 272 g/mol. The van der Waals surface area contributed by atoms with Gasteiger partial charge >= 0.3 is 0 Å². The summed E-state index contributed by atoms with van der Waals surface area (Å²) in [4.78, 5) is 12.2. The molecule has 0 amide bonds. The number of halogens is 1. The Labute approximate surface area is 113 Å². The summed E-state index contributed by atoms with van der Waals surface area (Å²) in [6.07, 6.45) is 0.779. The third-order valence-electron chi connectivity index (χ3n) is 2.83. The molecule has 1 atom stereocenters. The van der Waals surface area contributed by atoms with Crippen molar-refractivity contribution in [2.24, 2.45) is 0 Å². The zero-order valence-corrected chi connectivity index (χ0v) is 11.4. The number of hydrogen-bond acceptors (Lipinski definition) is 4. The quantitative estimate of drug-likeness (QED) is 0.836. The van der Waals surface area contributed by atoms with Crippen molar-refractivity contribution >= 4 is 18.2 Å². The van der Waals surface area contributed by atoms with E-state index in [2.05, 4.69) is 5.32 Å². The van der Waals surface area contributed by atoms with Crippen molar-refractivity contribution in [1.82, 2.24) is 5.32 Å². The number of carbonyl (C=O) groups is 1. The predicted molar refractivity (Wildman–Crippen MR) is 71.9 cm³/mol. The number of ether oxygens (including phenoxy) is 2. The Bertz CT molecular complexity index is 423. The first-order chi connectivity index (χ1) is 8.26. The monoisotopic (exact) mass is 271 g/mol. The summed E-state index contributed by atoms with van der Waals surface area (Å²) in [6, 6.07) is 5.20. The number of ketones is 1. The highest BCUT2D eigenvalue weighted by atomic mass is 35.5. The zero-order valence-electron chi connectivity index (χ0n) is 10.6. The fourth-order valence-corrected chi connectivity index (χ4v) is 1.92. The number of nitrogens with one attached hydrogen (secondary N) is 1. The Morgan fingerprint density at radius 1 is 1.33 bits per heavy atom. The molecule has 1 aliphatic heterocycles. The van der Waals surface area contributed by atoms with Gasteiger partial charge in [-0.15, -0.1) is 12.4 Å². The first-order valence-corrected chi connectivity index (χ1v) is 5.93. The van der Waals surface area contributed by atoms with Crippen LogP contribution in [0.3, 0.4) is 0 Å². The van der Waals surface area contributed by atoms with Crippen molar-refractivity contribution < 1.29 is 14.3 Å². The molecule has 18 heavy (non-hydrogen) atoms. The second kappa shape index (κ2) is 6.61. The van der Waals surface area contributed by atoms with Gasteiger partial charge in [-0.1, -0.05) is 13.8 Å². The van der Waals surface area contributed by atoms with Gasteiger partial charge in [0.2, 0.25) is 6.79 Å². The lowest BCUT2D eigenvalue weighted by Crippen LogP contribution is -2.35. The molecule has 0 saturated heterocycles. The number of carbonyl (C=O) groups excluding carboxylic acids is 1. The van der Waals surface area contributed by atoms with Crippen LogP contribution in [-0.2, 0) is 0 Å². The summed E-state index contributed by atoms with van der Waals surface area (Å²) >= 11 is 0. The van der Waals surface area contributed by atoms with Crippen LogP contribution in [0, 0.1) is 0 Å². The van der Waals surface area contributed by atoms with Crippen molar-refractivity contribution in [1.29, 1.82) is 0 Å². The van der Waals surface area contributed by atoms with Crippen molar-refractivity contribution in [2.45, 2.75) is 26.3 Å². The molecule has 1 aliphatic rings. The van der Waals surface area contributed by atoms with Gasteiger partial charge in [0.25, 0.3) is 0 Å². The first-order valence-electron chi connectivity index (χ1n) is 5.93. The van der Waals surface area contributed by atoms with E-state index in [0.717, 1.165) is 13.0 Å². The first kappa shape index (κ1) is 14.8. The van der Waals surface area contributed by atoms with Crippen molar-refractivity contribution in [3.8, 4) is 11.5 Å². The molecule has 0 saturated carbocycles. The van der Waals surface area contributed by atoms with Crippen LogP contribution in [0.1, 0.15) is 30.6 Å². The fraction of sp³-hybridized carbons (Fsp3) is 0.462. The van der Waals surface area contributed by atoms with E-state index < -0.39 is 0 Å². The van der Waals surface area contributed by atoms with Crippen LogP contribution in [0.25, 0.3) is 0 Å². The molecule has 0 fully saturated rings. The van der Waals surface area contributed by atoms with Gasteiger partial charge in [-0.3, -0.25) is 4.79 Å². The number of rotatable bonds is 5. The minimum atomic E-state index is -0.125. The largest absolute Gasteiger partial charge is 0.454 e. The maximum atomic E-state index is 12.2. The van der Waals surface area contributed by atoms with E-state index in [1.165, 1.54) is 0 Å². The van der Waals surface area contributed by atoms with Crippen LogP contribution in [0.4, 0.5) is 0 Å². The maximum absolute atomic E-state index is 12.2. The highest BCUT2D eigenvalue weighted by Gasteiger charge is 2.20. The average Bonchev–Trinajstić information content (AvgIpc) is 2.82. The molecular weight excluding hydrogens is 254 g/mol. The second-order valence-corrected chi connectivity index (χ2v) is 3.95. The SMILES string of the molecule is CCNC(CC)C(=O)c1ccc2c(c1)OCO2.Cl. The van der Waals surface area contributed by atoms with Crippen LogP contribution in [-0.4, -0.2) is 25.2 Å². The van der Waals surface area contributed by atoms with Gasteiger partial charge in [-0.2, -0.15) is 0 Å². The molecule has 2 rings (SSSR count). The molecule has 0 aliphatic carbocycles. The van der Waals surface area contributed by atoms with Gasteiger partial charge in [0.1, 0.15) is 0 Å². The van der Waals surface area contributed by atoms with Gasteiger partial charge < -0.3 is 14.8 Å². The Morgan fingerprint density at radius 2 is 2.06 bits per heavy atom. The molecular formula is C13H18ClNO3. The lowest BCUT2D eigenvalue weighted by Gasteiger charge is -2.14. The van der Waals surface area contributed by atoms with Crippen molar-refractivity contribution in [3.63, 3.8) is 0 Å². The van der Waals surface area contributed by atoms with Crippen LogP contribution < -0.4 is 14.8 Å². The summed E-state index contributed by atoms with van der Waals surface area (Å²) < 4.78 is 10.5. The highest BCUT2D eigenvalue weighted by Crippen LogP contribution is 2.32. The Hall–Kier alpha value is -1.26. The normalized spacial score (nSPS) is 13.9. The van der Waals surface area contributed by atoms with Gasteiger partial charge in [-0.25, -0.2) is 0 Å². The smallest absolute Gasteiger partial charge is 0.231 e. The van der Waals surface area contributed by atoms with Crippen LogP contribution in [0.15, 0.2) is 18.2 Å². The van der Waals surface area contributed by atoms with Gasteiger partial charge in [0, 0.05) is 5.56 Å². The van der Waals surface area contributed by atoms with Gasteiger partial charge in [-0.05, 0) is 31.2 Å². The Balaban J connectivity index is 0.00000162. The second-order valence-electron chi connectivity index (χ2n) is 3.95. The Morgan fingerprint density at radius 3 is 2.72 bits per heavy atom. The molecule has 1 N–H and O–H groups in total. The molecule has 4 nitrogen and oxygen atoms in total. The molecule has 1 unspecified atom stereocenters. The molecule has 5 heteroatoms. The summed E-state index contributed by atoms with van der Waals surface area (Å²) in [5, 5.41) is 3.18. The van der Waals surface area contributed by atoms with E-state index in [4.69, 9.17) is 9.47 Å². The van der Waals surface area contributed by atoms with Crippen LogP contribution in [0.5, 0.6) is 11.5 Å². The molecule has 0 spiro atoms. The van der Waals surface area contributed by atoms with Crippen molar-refractivity contribution in [3.05, 3.63) is 23.8 Å². The highest BCUT2D eigenvalue weighted by molar-refractivity contribution is 6.00. The van der Waals surface area contributed by atoms with E-state index in [1.54, 1.807) is 18.2 Å². The maximum Gasteiger partial charge on any atom is 0.231 e. The molecule has 1 aromatic carbocycles. The van der Waals surface area contributed by atoms with E-state index >= 15 is 0 Å². The lowest BCUT2D eigenvalue weighted by atomic mass is 10.0. The summed E-state index contributed by atoms with van der Waals surface area (Å²) in [5.41, 5.74) is 0.669. The predicted octanol–water partition coefficient (Wildman–Crippen LogP) is 2.41. The Kier molecular flexibility index (Phi) is 5.44. The molecule has 100 valence electrons. The standard InChI is InChI=1S/C13H17NO3.ClH/c1-3-10(14-4-2)13(15)9-5-6-11-12(7-9)17-8-16-11;/h5-7,10,14H,3-4,8H2,1-2H3;1H. The third-order valence-corrected chi connectivity index (χ3v) is 2.83. The molecule has 0 radical (unpaired) electrons. The molecule has 1 heterocycles. The minimum Gasteiger partial charge on any atom is -0.454 e. The molecule has 0 aromatic heterocycles. The zero-order chi connectivity index (χ0) is 12.3. The number of Topliss-reactive ketones (excluding diaryl/α,β-unsaturated/α-hetero) is 1. The van der Waals surface area contributed by atoms with Crippen LogP contribution >= 0.6 is 12.4 Å². The third kappa shape index (κ3) is 2.94. The minimum absolute atomic E-state index is 0. The number of benzene rings is 1. The summed E-state index contributed by atoms with van der Waals surface area (Å²) in [5.74, 6) is 1.47. The summed E-state index contributed by atoms with van der Waals surface area (Å²) in [7, 11) is 0. The van der Waals surface area contributed by atoms with E-state index in [0.29, 0.717) is 17.1 Å². The lowest BCUT2D eigenvalue weighted by molar-refractivity contribution is 0.0941. The van der Waals surface area contributed by atoms with E-state index in [-0.39, 0.29) is 31.0 Å². The fourth-order valence-electron chi connectivity index (χ4n) is 1.92. The topological polar surface area (TPSA) is 47.6 Å². The number of likely N-dealkylation sites (N-methyl/N-ethyl adjacent to an activating group) is 1. The number of fused-ring (bicyclic) bond motifs is 1. The number of hydrogen-bond donors (Lipinski definition) is 1. The van der Waals surface area contributed by atoms with Crippen molar-refractivity contribution in [2.75, 3.05) is 13.3 Å². The van der Waals surface area contributed by atoms with Gasteiger partial charge in [0.05, 0.1) is 6.04 Å². The summed E-state index contributed by atoms with van der Waals surface area (Å²) in [6.45, 7) is 5.01. The van der Waals surface area contributed by atoms with E-state index in [1.807, 2.05) is 13.8 Å². The van der Waals surface area contributed by atoms with Crippen LogP contribution in [0.2, 0.25) is 0 Å².